The number of nitrogens with zero attached hydrogens (tertiary/aromatic N) is 2. The van der Waals surface area contributed by atoms with Crippen molar-refractivity contribution in [1.29, 1.82) is 0 Å². The van der Waals surface area contributed by atoms with Crippen LogP contribution in [-0.2, 0) is 9.84 Å². The average molecular weight is 229 g/mol. The second kappa shape index (κ2) is 4.59. The van der Waals surface area contributed by atoms with Crippen LogP contribution < -0.4 is 5.73 Å². The molecule has 0 atom stereocenters. The Labute approximate surface area is 89.8 Å². The summed E-state index contributed by atoms with van der Waals surface area (Å²) in [6.07, 6.45) is 1.43. The SMILES string of the molecule is CN(C)CCS(=O)(=O)c1ncccc1N. The first kappa shape index (κ1) is 11.9. The molecule has 0 radical (unpaired) electrons. The molecule has 1 aromatic rings. The van der Waals surface area contributed by atoms with Gasteiger partial charge in [0.2, 0.25) is 0 Å². The van der Waals surface area contributed by atoms with Gasteiger partial charge in [-0.05, 0) is 26.2 Å². The fourth-order valence-electron chi connectivity index (χ4n) is 1.06. The van der Waals surface area contributed by atoms with Crippen LogP contribution in [0.4, 0.5) is 5.69 Å². The molecule has 0 saturated heterocycles. The molecule has 5 nitrogen and oxygen atoms in total. The van der Waals surface area contributed by atoms with E-state index in [4.69, 9.17) is 5.73 Å². The van der Waals surface area contributed by atoms with Crippen LogP contribution in [0.5, 0.6) is 0 Å². The highest BCUT2D eigenvalue weighted by Gasteiger charge is 2.18. The number of pyridine rings is 1. The zero-order valence-electron chi connectivity index (χ0n) is 8.84. The zero-order valence-corrected chi connectivity index (χ0v) is 9.66. The minimum absolute atomic E-state index is 0.0214. The third kappa shape index (κ3) is 3.17. The van der Waals surface area contributed by atoms with Crippen LogP contribution in [0.2, 0.25) is 0 Å². The van der Waals surface area contributed by atoms with Gasteiger partial charge >= 0.3 is 0 Å². The van der Waals surface area contributed by atoms with Crippen molar-refractivity contribution in [3.8, 4) is 0 Å². The van der Waals surface area contributed by atoms with E-state index < -0.39 is 9.84 Å². The lowest BCUT2D eigenvalue weighted by atomic mass is 10.4. The summed E-state index contributed by atoms with van der Waals surface area (Å²) in [6, 6.07) is 3.15. The first-order valence-corrected chi connectivity index (χ1v) is 6.16. The van der Waals surface area contributed by atoms with Crippen LogP contribution in [0.1, 0.15) is 0 Å². The molecule has 0 saturated carbocycles. The van der Waals surface area contributed by atoms with Gasteiger partial charge in [-0.25, -0.2) is 13.4 Å². The number of aromatic nitrogens is 1. The van der Waals surface area contributed by atoms with Crippen molar-refractivity contribution in [2.75, 3.05) is 32.1 Å². The lowest BCUT2D eigenvalue weighted by molar-refractivity contribution is 0.432. The van der Waals surface area contributed by atoms with Crippen molar-refractivity contribution in [1.82, 2.24) is 9.88 Å². The molecule has 84 valence electrons. The van der Waals surface area contributed by atoms with E-state index in [-0.39, 0.29) is 16.5 Å². The van der Waals surface area contributed by atoms with E-state index >= 15 is 0 Å². The molecule has 0 unspecified atom stereocenters. The topological polar surface area (TPSA) is 76.3 Å². The van der Waals surface area contributed by atoms with Crippen molar-refractivity contribution in [2.24, 2.45) is 0 Å². The summed E-state index contributed by atoms with van der Waals surface area (Å²) < 4.78 is 23.6. The maximum atomic E-state index is 11.8. The molecular weight excluding hydrogens is 214 g/mol. The second-order valence-corrected chi connectivity index (χ2v) is 5.54. The second-order valence-electron chi connectivity index (χ2n) is 3.52. The number of rotatable bonds is 4. The molecule has 2 N–H and O–H groups in total. The fraction of sp³-hybridized carbons (Fsp3) is 0.444. The maximum absolute atomic E-state index is 11.8. The van der Waals surface area contributed by atoms with Gasteiger partial charge in [0.05, 0.1) is 11.4 Å². The summed E-state index contributed by atoms with van der Waals surface area (Å²) in [5.41, 5.74) is 5.76. The standard InChI is InChI=1S/C9H15N3O2S/c1-12(2)6-7-15(13,14)9-8(10)4-3-5-11-9/h3-5H,6-7,10H2,1-2H3. The van der Waals surface area contributed by atoms with Gasteiger partial charge in [-0.1, -0.05) is 0 Å². The smallest absolute Gasteiger partial charge is 0.198 e. The van der Waals surface area contributed by atoms with Crippen LogP contribution >= 0.6 is 0 Å². The lowest BCUT2D eigenvalue weighted by Gasteiger charge is -2.10. The zero-order chi connectivity index (χ0) is 11.5. The van der Waals surface area contributed by atoms with Gasteiger partial charge in [0.25, 0.3) is 0 Å². The summed E-state index contributed by atoms with van der Waals surface area (Å²) in [6.45, 7) is 0.457. The number of hydrogen-bond donors (Lipinski definition) is 1. The Morgan fingerprint density at radius 2 is 2.13 bits per heavy atom. The molecule has 15 heavy (non-hydrogen) atoms. The van der Waals surface area contributed by atoms with Gasteiger partial charge in [0.15, 0.2) is 14.9 Å². The molecule has 6 heteroatoms. The van der Waals surface area contributed by atoms with Gasteiger partial charge < -0.3 is 10.6 Å². The molecule has 1 rings (SSSR count). The van der Waals surface area contributed by atoms with Crippen LogP contribution in [-0.4, -0.2) is 44.7 Å². The van der Waals surface area contributed by atoms with Crippen LogP contribution in [0.3, 0.4) is 0 Å². The quantitative estimate of drug-likeness (QED) is 0.786. The molecular formula is C9H15N3O2S. The van der Waals surface area contributed by atoms with E-state index in [9.17, 15) is 8.42 Å². The van der Waals surface area contributed by atoms with Gasteiger partial charge in [-0.15, -0.1) is 0 Å². The molecule has 0 aliphatic rings. The summed E-state index contributed by atoms with van der Waals surface area (Å²) in [7, 11) is 0.270. The average Bonchev–Trinajstić information content (AvgIpc) is 2.15. The minimum Gasteiger partial charge on any atom is -0.396 e. The molecule has 0 aliphatic carbocycles. The Morgan fingerprint density at radius 1 is 1.47 bits per heavy atom. The van der Waals surface area contributed by atoms with E-state index in [2.05, 4.69) is 4.98 Å². The van der Waals surface area contributed by atoms with E-state index in [1.807, 2.05) is 14.1 Å². The number of hydrogen-bond acceptors (Lipinski definition) is 5. The predicted octanol–water partition coefficient (Wildman–Crippen LogP) is -0.000900. The molecule has 1 heterocycles. The first-order chi connectivity index (χ1) is 6.93. The third-order valence-electron chi connectivity index (χ3n) is 1.90. The number of nitrogens with two attached hydrogens (primary N) is 1. The summed E-state index contributed by atoms with van der Waals surface area (Å²) in [4.78, 5) is 5.60. The van der Waals surface area contributed by atoms with Crippen molar-refractivity contribution in [3.05, 3.63) is 18.3 Å². The molecule has 0 spiro atoms. The highest BCUT2D eigenvalue weighted by Crippen LogP contribution is 2.15. The molecule has 0 bridgehead atoms. The van der Waals surface area contributed by atoms with Crippen molar-refractivity contribution < 1.29 is 8.42 Å². The summed E-state index contributed by atoms with van der Waals surface area (Å²) in [5, 5.41) is -0.0214. The molecule has 0 aromatic carbocycles. The molecule has 0 aliphatic heterocycles. The molecule has 0 amide bonds. The monoisotopic (exact) mass is 229 g/mol. The van der Waals surface area contributed by atoms with Crippen molar-refractivity contribution >= 4 is 15.5 Å². The van der Waals surface area contributed by atoms with Gasteiger partial charge in [0, 0.05) is 12.7 Å². The van der Waals surface area contributed by atoms with Crippen LogP contribution in [0, 0.1) is 0 Å². The number of sulfone groups is 1. The Hall–Kier alpha value is -1.14. The number of nitrogen functional groups attached to an aromatic ring is 1. The fourth-order valence-corrected chi connectivity index (χ4v) is 2.51. The lowest BCUT2D eigenvalue weighted by Crippen LogP contribution is -2.23. The van der Waals surface area contributed by atoms with E-state index in [0.717, 1.165) is 0 Å². The van der Waals surface area contributed by atoms with Crippen LogP contribution in [0.15, 0.2) is 23.4 Å². The van der Waals surface area contributed by atoms with E-state index in [0.29, 0.717) is 6.54 Å². The first-order valence-electron chi connectivity index (χ1n) is 4.51. The van der Waals surface area contributed by atoms with E-state index in [1.54, 1.807) is 11.0 Å². The highest BCUT2D eigenvalue weighted by molar-refractivity contribution is 7.91. The largest absolute Gasteiger partial charge is 0.396 e. The third-order valence-corrected chi connectivity index (χ3v) is 3.55. The molecule has 1 aromatic heterocycles. The Morgan fingerprint density at radius 3 is 2.67 bits per heavy atom. The van der Waals surface area contributed by atoms with Gasteiger partial charge in [-0.2, -0.15) is 0 Å². The van der Waals surface area contributed by atoms with E-state index in [1.165, 1.54) is 12.3 Å². The Bertz CT molecular complexity index is 429. The normalized spacial score (nSPS) is 11.9. The highest BCUT2D eigenvalue weighted by atomic mass is 32.2. The van der Waals surface area contributed by atoms with Crippen molar-refractivity contribution in [3.63, 3.8) is 0 Å². The van der Waals surface area contributed by atoms with Crippen molar-refractivity contribution in [2.45, 2.75) is 5.03 Å². The Balaban J connectivity index is 2.92. The summed E-state index contributed by atoms with van der Waals surface area (Å²) >= 11 is 0. The maximum Gasteiger partial charge on any atom is 0.198 e. The molecule has 0 fully saturated rings. The number of anilines is 1. The van der Waals surface area contributed by atoms with Gasteiger partial charge in [0.1, 0.15) is 0 Å². The van der Waals surface area contributed by atoms with Gasteiger partial charge in [-0.3, -0.25) is 0 Å². The summed E-state index contributed by atoms with van der Waals surface area (Å²) in [5.74, 6) is 0.0290. The minimum atomic E-state index is -3.36. The Kier molecular flexibility index (Phi) is 3.65. The predicted molar refractivity (Wildman–Crippen MR) is 59.3 cm³/mol. The van der Waals surface area contributed by atoms with Crippen LogP contribution in [0.25, 0.3) is 0 Å².